The van der Waals surface area contributed by atoms with Crippen molar-refractivity contribution in [1.82, 2.24) is 4.98 Å². The van der Waals surface area contributed by atoms with E-state index in [4.69, 9.17) is 11.6 Å². The molecule has 3 nitrogen and oxygen atoms in total. The lowest BCUT2D eigenvalue weighted by molar-refractivity contribution is 0.0699. The SMILES string of the molecule is Cc1ccc(Cl)c2c(C(=O)O)cc(C3CC3)nc12. The molecule has 0 aliphatic heterocycles. The predicted octanol–water partition coefficient (Wildman–Crippen LogP) is 3.77. The highest BCUT2D eigenvalue weighted by molar-refractivity contribution is 6.36. The summed E-state index contributed by atoms with van der Waals surface area (Å²) in [5, 5.41) is 10.3. The number of aryl methyl sites for hydroxylation is 1. The highest BCUT2D eigenvalue weighted by atomic mass is 35.5. The molecule has 1 saturated carbocycles. The lowest BCUT2D eigenvalue weighted by atomic mass is 10.0. The van der Waals surface area contributed by atoms with Crippen LogP contribution in [0.25, 0.3) is 10.9 Å². The van der Waals surface area contributed by atoms with E-state index in [1.54, 1.807) is 12.1 Å². The fourth-order valence-electron chi connectivity index (χ4n) is 2.21. The van der Waals surface area contributed by atoms with Crippen molar-refractivity contribution < 1.29 is 9.90 Å². The van der Waals surface area contributed by atoms with Crippen molar-refractivity contribution in [3.63, 3.8) is 0 Å². The number of hydrogen-bond donors (Lipinski definition) is 1. The Morgan fingerprint density at radius 2 is 2.17 bits per heavy atom. The maximum Gasteiger partial charge on any atom is 0.336 e. The third kappa shape index (κ3) is 1.75. The average Bonchev–Trinajstić information content (AvgIpc) is 3.16. The number of benzene rings is 1. The molecule has 1 fully saturated rings. The third-order valence-electron chi connectivity index (χ3n) is 3.36. The summed E-state index contributed by atoms with van der Waals surface area (Å²) < 4.78 is 0. The van der Waals surface area contributed by atoms with E-state index in [0.29, 0.717) is 21.8 Å². The molecule has 1 aromatic heterocycles. The van der Waals surface area contributed by atoms with Gasteiger partial charge in [0.1, 0.15) is 0 Å². The second kappa shape index (κ2) is 3.95. The molecule has 1 aromatic carbocycles. The zero-order valence-electron chi connectivity index (χ0n) is 9.90. The molecule has 0 bridgehead atoms. The summed E-state index contributed by atoms with van der Waals surface area (Å²) >= 11 is 6.12. The van der Waals surface area contributed by atoms with Crippen molar-refractivity contribution in [3.8, 4) is 0 Å². The molecular formula is C14H12ClNO2. The number of aromatic nitrogens is 1. The first-order chi connectivity index (χ1) is 8.58. The molecule has 0 unspecified atom stereocenters. The van der Waals surface area contributed by atoms with Crippen LogP contribution in [0.3, 0.4) is 0 Å². The van der Waals surface area contributed by atoms with Gasteiger partial charge < -0.3 is 5.11 Å². The van der Waals surface area contributed by atoms with E-state index in [1.807, 2.05) is 13.0 Å². The molecule has 2 aromatic rings. The highest BCUT2D eigenvalue weighted by Crippen LogP contribution is 2.41. The van der Waals surface area contributed by atoms with Crippen LogP contribution in [0.2, 0.25) is 5.02 Å². The van der Waals surface area contributed by atoms with Crippen LogP contribution in [0.5, 0.6) is 0 Å². The van der Waals surface area contributed by atoms with Gasteiger partial charge in [-0.25, -0.2) is 4.79 Å². The van der Waals surface area contributed by atoms with Gasteiger partial charge in [-0.15, -0.1) is 0 Å². The molecular weight excluding hydrogens is 250 g/mol. The molecule has 3 rings (SSSR count). The molecule has 92 valence electrons. The van der Waals surface area contributed by atoms with E-state index < -0.39 is 5.97 Å². The number of aromatic carboxylic acids is 1. The quantitative estimate of drug-likeness (QED) is 0.895. The molecule has 0 atom stereocenters. The van der Waals surface area contributed by atoms with Gasteiger partial charge in [0.05, 0.1) is 16.1 Å². The Bertz CT molecular complexity index is 662. The summed E-state index contributed by atoms with van der Waals surface area (Å²) in [7, 11) is 0. The van der Waals surface area contributed by atoms with Crippen LogP contribution in [-0.4, -0.2) is 16.1 Å². The molecule has 0 amide bonds. The summed E-state index contributed by atoms with van der Waals surface area (Å²) in [6, 6.07) is 5.28. The van der Waals surface area contributed by atoms with E-state index in [2.05, 4.69) is 4.98 Å². The van der Waals surface area contributed by atoms with Crippen molar-refractivity contribution in [1.29, 1.82) is 0 Å². The summed E-state index contributed by atoms with van der Waals surface area (Å²) in [6.07, 6.45) is 2.19. The van der Waals surface area contributed by atoms with E-state index in [0.717, 1.165) is 24.1 Å². The van der Waals surface area contributed by atoms with E-state index in [9.17, 15) is 9.90 Å². The predicted molar refractivity (Wildman–Crippen MR) is 70.4 cm³/mol. The minimum absolute atomic E-state index is 0.260. The summed E-state index contributed by atoms with van der Waals surface area (Å²) in [4.78, 5) is 16.0. The second-order valence-corrected chi connectivity index (χ2v) is 5.17. The lowest BCUT2D eigenvalue weighted by Gasteiger charge is -2.09. The van der Waals surface area contributed by atoms with Crippen molar-refractivity contribution >= 4 is 28.5 Å². The molecule has 18 heavy (non-hydrogen) atoms. The summed E-state index contributed by atoms with van der Waals surface area (Å²) in [5.74, 6) is -0.525. The van der Waals surface area contributed by atoms with Gasteiger partial charge in [-0.2, -0.15) is 0 Å². The van der Waals surface area contributed by atoms with Crippen LogP contribution in [0.4, 0.5) is 0 Å². The van der Waals surface area contributed by atoms with Crippen LogP contribution in [0, 0.1) is 6.92 Å². The van der Waals surface area contributed by atoms with Crippen molar-refractivity contribution in [2.24, 2.45) is 0 Å². The lowest BCUT2D eigenvalue weighted by Crippen LogP contribution is -2.02. The number of rotatable bonds is 2. The molecule has 1 aliphatic carbocycles. The molecule has 1 heterocycles. The Kier molecular flexibility index (Phi) is 2.52. The third-order valence-corrected chi connectivity index (χ3v) is 3.67. The second-order valence-electron chi connectivity index (χ2n) is 4.76. The number of carbonyl (C=O) groups is 1. The van der Waals surface area contributed by atoms with Crippen molar-refractivity contribution in [3.05, 3.63) is 40.0 Å². The number of pyridine rings is 1. The number of fused-ring (bicyclic) bond motifs is 1. The number of carboxylic acid groups (broad SMARTS) is 1. The standard InChI is InChI=1S/C14H12ClNO2/c1-7-2-5-10(15)12-9(14(17)18)6-11(8-3-4-8)16-13(7)12/h2,5-6,8H,3-4H2,1H3,(H,17,18). The highest BCUT2D eigenvalue weighted by Gasteiger charge is 2.27. The first-order valence-corrected chi connectivity index (χ1v) is 6.29. The molecule has 1 N–H and O–H groups in total. The van der Waals surface area contributed by atoms with E-state index >= 15 is 0 Å². The largest absolute Gasteiger partial charge is 0.478 e. The maximum atomic E-state index is 11.4. The van der Waals surface area contributed by atoms with Crippen LogP contribution >= 0.6 is 11.6 Å². The minimum Gasteiger partial charge on any atom is -0.478 e. The minimum atomic E-state index is -0.947. The van der Waals surface area contributed by atoms with Gasteiger partial charge in [0.15, 0.2) is 0 Å². The van der Waals surface area contributed by atoms with Crippen LogP contribution in [0.15, 0.2) is 18.2 Å². The van der Waals surface area contributed by atoms with Gasteiger partial charge in [-0.05, 0) is 37.5 Å². The Morgan fingerprint density at radius 3 is 2.78 bits per heavy atom. The number of halogens is 1. The molecule has 0 saturated heterocycles. The molecule has 4 heteroatoms. The molecule has 1 aliphatic rings. The number of nitrogens with zero attached hydrogens (tertiary/aromatic N) is 1. The Labute approximate surface area is 109 Å². The van der Waals surface area contributed by atoms with E-state index in [-0.39, 0.29) is 5.56 Å². The number of hydrogen-bond acceptors (Lipinski definition) is 2. The van der Waals surface area contributed by atoms with E-state index in [1.165, 1.54) is 0 Å². The maximum absolute atomic E-state index is 11.4. The van der Waals surface area contributed by atoms with Crippen molar-refractivity contribution in [2.45, 2.75) is 25.7 Å². The van der Waals surface area contributed by atoms with Gasteiger partial charge in [0.25, 0.3) is 0 Å². The van der Waals surface area contributed by atoms with Gasteiger partial charge in [0.2, 0.25) is 0 Å². The Morgan fingerprint density at radius 1 is 1.44 bits per heavy atom. The molecule has 0 radical (unpaired) electrons. The van der Waals surface area contributed by atoms with Gasteiger partial charge in [-0.3, -0.25) is 4.98 Å². The topological polar surface area (TPSA) is 50.2 Å². The first-order valence-electron chi connectivity index (χ1n) is 5.91. The van der Waals surface area contributed by atoms with Crippen LogP contribution < -0.4 is 0 Å². The zero-order valence-corrected chi connectivity index (χ0v) is 10.7. The Hall–Kier alpha value is -1.61. The summed E-state index contributed by atoms with van der Waals surface area (Å²) in [5.41, 5.74) is 2.81. The van der Waals surface area contributed by atoms with Crippen molar-refractivity contribution in [2.75, 3.05) is 0 Å². The van der Waals surface area contributed by atoms with Gasteiger partial charge >= 0.3 is 5.97 Å². The fourth-order valence-corrected chi connectivity index (χ4v) is 2.46. The average molecular weight is 262 g/mol. The normalized spacial score (nSPS) is 15.0. The van der Waals surface area contributed by atoms with Crippen LogP contribution in [0.1, 0.15) is 40.4 Å². The first kappa shape index (κ1) is 11.5. The molecule has 0 spiro atoms. The van der Waals surface area contributed by atoms with Crippen LogP contribution in [-0.2, 0) is 0 Å². The smallest absolute Gasteiger partial charge is 0.336 e. The number of carboxylic acids is 1. The van der Waals surface area contributed by atoms with Gasteiger partial charge in [0, 0.05) is 17.0 Å². The Balaban J connectivity index is 2.40. The van der Waals surface area contributed by atoms with Gasteiger partial charge in [-0.1, -0.05) is 17.7 Å². The summed E-state index contributed by atoms with van der Waals surface area (Å²) in [6.45, 7) is 1.92. The monoisotopic (exact) mass is 261 g/mol. The fraction of sp³-hybridized carbons (Fsp3) is 0.286. The zero-order chi connectivity index (χ0) is 12.9.